The van der Waals surface area contributed by atoms with Gasteiger partial charge in [-0.3, -0.25) is 4.79 Å². The molecule has 0 aliphatic rings. The maximum Gasteiger partial charge on any atom is 0.225 e. The Hall–Kier alpha value is -1.16. The number of allylic oxidation sites excluding steroid dienone is 1. The molecule has 1 aromatic heterocycles. The lowest BCUT2D eigenvalue weighted by molar-refractivity contribution is -0.116. The van der Waals surface area contributed by atoms with Crippen LogP contribution in [0.1, 0.15) is 17.7 Å². The van der Waals surface area contributed by atoms with Crippen molar-refractivity contribution in [3.8, 4) is 6.07 Å². The number of hydrogen-bond acceptors (Lipinski definition) is 4. The van der Waals surface area contributed by atoms with Crippen molar-refractivity contribution in [2.75, 3.05) is 11.2 Å². The molecule has 1 rings (SSSR count). The van der Waals surface area contributed by atoms with Crippen LogP contribution in [0.25, 0.3) is 0 Å². The molecular formula is C11H12ClN3OS2. The highest BCUT2D eigenvalue weighted by atomic mass is 35.5. The van der Waals surface area contributed by atoms with Gasteiger partial charge in [0.25, 0.3) is 0 Å². The summed E-state index contributed by atoms with van der Waals surface area (Å²) in [5.74, 6) is 0.714. The van der Waals surface area contributed by atoms with Crippen LogP contribution in [0.15, 0.2) is 12.7 Å². The molecule has 1 heterocycles. The van der Waals surface area contributed by atoms with Crippen LogP contribution in [-0.2, 0) is 11.3 Å². The summed E-state index contributed by atoms with van der Waals surface area (Å²) in [7, 11) is 0. The Balaban J connectivity index is 2.99. The quantitative estimate of drug-likeness (QED) is 0.498. The number of halogens is 1. The average molecular weight is 302 g/mol. The predicted molar refractivity (Wildman–Crippen MR) is 76.6 cm³/mol. The summed E-state index contributed by atoms with van der Waals surface area (Å²) in [6.07, 6.45) is 2.59. The topological polar surface area (TPSA) is 57.8 Å². The van der Waals surface area contributed by atoms with E-state index < -0.39 is 0 Å². The van der Waals surface area contributed by atoms with Crippen molar-refractivity contribution >= 4 is 46.9 Å². The van der Waals surface area contributed by atoms with Crippen LogP contribution in [0.3, 0.4) is 0 Å². The zero-order chi connectivity index (χ0) is 13.5. The Kier molecular flexibility index (Phi) is 6.05. The minimum atomic E-state index is -0.169. The Morgan fingerprint density at radius 2 is 2.44 bits per heavy atom. The van der Waals surface area contributed by atoms with E-state index in [2.05, 4.69) is 11.9 Å². The number of thiazole rings is 1. The molecule has 0 aliphatic carbocycles. The summed E-state index contributed by atoms with van der Waals surface area (Å²) in [4.78, 5) is 12.1. The third-order valence-corrected chi connectivity index (χ3v) is 3.72. The molecule has 0 bridgehead atoms. The molecule has 0 spiro atoms. The molecule has 4 nitrogen and oxygen atoms in total. The van der Waals surface area contributed by atoms with Gasteiger partial charge in [0.05, 0.1) is 0 Å². The van der Waals surface area contributed by atoms with Gasteiger partial charge in [0, 0.05) is 18.8 Å². The van der Waals surface area contributed by atoms with Crippen molar-refractivity contribution in [3.63, 3.8) is 0 Å². The van der Waals surface area contributed by atoms with Gasteiger partial charge < -0.3 is 9.88 Å². The number of hydrogen-bond donors (Lipinski definition) is 1. The molecule has 0 fully saturated rings. The second-order valence-electron chi connectivity index (χ2n) is 3.40. The molecule has 0 radical (unpaired) electrons. The van der Waals surface area contributed by atoms with Crippen LogP contribution >= 0.6 is 35.2 Å². The van der Waals surface area contributed by atoms with Crippen LogP contribution in [0.2, 0.25) is 0 Å². The number of nitrogens with one attached hydrogen (secondary N) is 1. The summed E-state index contributed by atoms with van der Waals surface area (Å²) in [5.41, 5.74) is 0. The summed E-state index contributed by atoms with van der Waals surface area (Å²) >= 11 is 11.8. The van der Waals surface area contributed by atoms with E-state index in [4.69, 9.17) is 29.1 Å². The summed E-state index contributed by atoms with van der Waals surface area (Å²) in [6.45, 7) is 4.09. The SMILES string of the molecule is C=CCn1c(NC(=O)CCCCl)c(C#N)sc1=S. The number of alkyl halides is 1. The molecule has 0 aliphatic heterocycles. The lowest BCUT2D eigenvalue weighted by atomic mass is 10.3. The molecule has 0 unspecified atom stereocenters. The van der Waals surface area contributed by atoms with Crippen LogP contribution < -0.4 is 5.32 Å². The van der Waals surface area contributed by atoms with Crippen LogP contribution in [0, 0.1) is 15.3 Å². The largest absolute Gasteiger partial charge is 0.310 e. The molecule has 0 atom stereocenters. The Morgan fingerprint density at radius 1 is 1.72 bits per heavy atom. The number of aromatic nitrogens is 1. The smallest absolute Gasteiger partial charge is 0.225 e. The molecule has 0 saturated heterocycles. The summed E-state index contributed by atoms with van der Waals surface area (Å²) < 4.78 is 2.23. The van der Waals surface area contributed by atoms with E-state index in [-0.39, 0.29) is 5.91 Å². The fourth-order valence-electron chi connectivity index (χ4n) is 1.32. The highest BCUT2D eigenvalue weighted by Crippen LogP contribution is 2.24. The Morgan fingerprint density at radius 3 is 3.00 bits per heavy atom. The first kappa shape index (κ1) is 14.9. The predicted octanol–water partition coefficient (Wildman–Crippen LogP) is 3.29. The van der Waals surface area contributed by atoms with Gasteiger partial charge in [-0.25, -0.2) is 0 Å². The van der Waals surface area contributed by atoms with E-state index in [0.717, 1.165) is 0 Å². The monoisotopic (exact) mass is 301 g/mol. The molecule has 1 aromatic rings. The highest BCUT2D eigenvalue weighted by Gasteiger charge is 2.14. The van der Waals surface area contributed by atoms with E-state index in [1.54, 1.807) is 10.6 Å². The minimum absolute atomic E-state index is 0.169. The zero-order valence-electron chi connectivity index (χ0n) is 9.61. The lowest BCUT2D eigenvalue weighted by Crippen LogP contribution is -2.15. The van der Waals surface area contributed by atoms with E-state index in [9.17, 15) is 4.79 Å². The van der Waals surface area contributed by atoms with Crippen molar-refractivity contribution in [3.05, 3.63) is 21.5 Å². The number of carbonyl (C=O) groups is 1. The van der Waals surface area contributed by atoms with Gasteiger partial charge in [-0.1, -0.05) is 17.4 Å². The molecule has 1 amide bonds. The number of amides is 1. The van der Waals surface area contributed by atoms with E-state index in [1.807, 2.05) is 6.07 Å². The average Bonchev–Trinajstić information content (AvgIpc) is 2.65. The molecule has 96 valence electrons. The minimum Gasteiger partial charge on any atom is -0.310 e. The molecule has 0 aromatic carbocycles. The lowest BCUT2D eigenvalue weighted by Gasteiger charge is -2.08. The number of nitrogens with zero attached hydrogens (tertiary/aromatic N) is 2. The summed E-state index contributed by atoms with van der Waals surface area (Å²) in [5, 5.41) is 11.7. The van der Waals surface area contributed by atoms with Gasteiger partial charge in [-0.05, 0) is 18.6 Å². The molecule has 1 N–H and O–H groups in total. The maximum absolute atomic E-state index is 11.7. The first-order valence-corrected chi connectivity index (χ1v) is 7.00. The van der Waals surface area contributed by atoms with Crippen molar-refractivity contribution in [1.29, 1.82) is 5.26 Å². The van der Waals surface area contributed by atoms with E-state index in [1.165, 1.54) is 11.3 Å². The number of anilines is 1. The van der Waals surface area contributed by atoms with E-state index in [0.29, 0.717) is 39.9 Å². The fourth-order valence-corrected chi connectivity index (χ4v) is 2.63. The van der Waals surface area contributed by atoms with Gasteiger partial charge in [0.1, 0.15) is 16.8 Å². The number of nitriles is 1. The van der Waals surface area contributed by atoms with Gasteiger partial charge >= 0.3 is 0 Å². The van der Waals surface area contributed by atoms with Gasteiger partial charge in [0.15, 0.2) is 3.95 Å². The molecule has 18 heavy (non-hydrogen) atoms. The zero-order valence-corrected chi connectivity index (χ0v) is 12.0. The van der Waals surface area contributed by atoms with Gasteiger partial charge in [0.2, 0.25) is 5.91 Å². The van der Waals surface area contributed by atoms with Crippen LogP contribution in [-0.4, -0.2) is 16.4 Å². The van der Waals surface area contributed by atoms with Crippen LogP contribution in [0.4, 0.5) is 5.82 Å². The van der Waals surface area contributed by atoms with Gasteiger partial charge in [-0.2, -0.15) is 5.26 Å². The van der Waals surface area contributed by atoms with Crippen molar-refractivity contribution in [1.82, 2.24) is 4.57 Å². The highest BCUT2D eigenvalue weighted by molar-refractivity contribution is 7.73. The first-order valence-electron chi connectivity index (χ1n) is 5.24. The Labute approximate surface area is 119 Å². The number of carbonyl (C=O) groups excluding carboxylic acids is 1. The fraction of sp³-hybridized carbons (Fsp3) is 0.364. The second kappa shape index (κ2) is 7.31. The standard InChI is InChI=1S/C11H12ClN3OS2/c1-2-6-15-10(8(7-13)18-11(15)17)14-9(16)4-3-5-12/h2H,1,3-6H2,(H,14,16). The first-order chi connectivity index (χ1) is 8.63. The molecule has 7 heteroatoms. The van der Waals surface area contributed by atoms with Gasteiger partial charge in [-0.15, -0.1) is 18.2 Å². The number of rotatable bonds is 6. The van der Waals surface area contributed by atoms with Crippen molar-refractivity contribution in [2.24, 2.45) is 0 Å². The Bertz CT molecular complexity index is 541. The van der Waals surface area contributed by atoms with Crippen molar-refractivity contribution in [2.45, 2.75) is 19.4 Å². The third-order valence-electron chi connectivity index (χ3n) is 2.10. The normalized spacial score (nSPS) is 9.78. The van der Waals surface area contributed by atoms with Crippen LogP contribution in [0.5, 0.6) is 0 Å². The maximum atomic E-state index is 11.7. The third kappa shape index (κ3) is 3.67. The summed E-state index contributed by atoms with van der Waals surface area (Å²) in [6, 6.07) is 2.03. The van der Waals surface area contributed by atoms with E-state index >= 15 is 0 Å². The second-order valence-corrected chi connectivity index (χ2v) is 5.42. The molecule has 0 saturated carbocycles. The molecular weight excluding hydrogens is 290 g/mol. The van der Waals surface area contributed by atoms with Crippen molar-refractivity contribution < 1.29 is 4.79 Å².